The molecule has 0 aromatic heterocycles. The topological polar surface area (TPSA) is 24.5 Å². The van der Waals surface area contributed by atoms with E-state index in [1.54, 1.807) is 7.11 Å². The largest absolute Gasteiger partial charge is 0.497 e. The molecule has 1 aromatic carbocycles. The van der Waals surface area contributed by atoms with Crippen LogP contribution in [0, 0.1) is 0 Å². The molecule has 2 heterocycles. The Kier molecular flexibility index (Phi) is 3.59. The molecule has 1 saturated heterocycles. The highest BCUT2D eigenvalue weighted by atomic mass is 19.1. The minimum absolute atomic E-state index is 0.315. The van der Waals surface area contributed by atoms with Crippen LogP contribution in [0.15, 0.2) is 18.2 Å². The maximum Gasteiger partial charge on any atom is 0.119 e. The van der Waals surface area contributed by atoms with E-state index in [0.29, 0.717) is 12.6 Å². The lowest BCUT2D eigenvalue weighted by atomic mass is 9.77. The number of anilines is 1. The summed E-state index contributed by atoms with van der Waals surface area (Å²) in [4.78, 5) is 2.37. The normalized spacial score (nSPS) is 29.2. The van der Waals surface area contributed by atoms with Crippen LogP contribution in [0.25, 0.3) is 0 Å². The number of halogens is 1. The number of rotatable bonds is 4. The Bertz CT molecular complexity index is 493. The molecule has 1 fully saturated rings. The monoisotopic (exact) mass is 278 g/mol. The predicted molar refractivity (Wildman–Crippen MR) is 79.4 cm³/mol. The van der Waals surface area contributed by atoms with E-state index in [9.17, 15) is 4.39 Å². The van der Waals surface area contributed by atoms with Crippen LogP contribution in [0.2, 0.25) is 0 Å². The molecule has 2 aliphatic rings. The van der Waals surface area contributed by atoms with Crippen molar-refractivity contribution in [2.24, 2.45) is 0 Å². The Morgan fingerprint density at radius 1 is 1.50 bits per heavy atom. The van der Waals surface area contributed by atoms with Crippen molar-refractivity contribution >= 4 is 5.69 Å². The first-order valence-electron chi connectivity index (χ1n) is 7.37. The van der Waals surface area contributed by atoms with Crippen molar-refractivity contribution in [3.8, 4) is 5.75 Å². The molecule has 2 atom stereocenters. The average Bonchev–Trinajstić information content (AvgIpc) is 3.04. The van der Waals surface area contributed by atoms with E-state index >= 15 is 0 Å². The van der Waals surface area contributed by atoms with Crippen LogP contribution >= 0.6 is 0 Å². The van der Waals surface area contributed by atoms with Gasteiger partial charge in [0.2, 0.25) is 0 Å². The first kappa shape index (κ1) is 13.7. The number of hydrogen-bond acceptors (Lipinski definition) is 3. The molecule has 0 spiro atoms. The van der Waals surface area contributed by atoms with E-state index < -0.39 is 5.41 Å². The number of fused-ring (bicyclic) bond motifs is 1. The van der Waals surface area contributed by atoms with Gasteiger partial charge in [-0.1, -0.05) is 0 Å². The minimum Gasteiger partial charge on any atom is -0.497 e. The summed E-state index contributed by atoms with van der Waals surface area (Å²) in [6.45, 7) is 1.51. The predicted octanol–water partition coefficient (Wildman–Crippen LogP) is 2.81. The van der Waals surface area contributed by atoms with Gasteiger partial charge in [-0.25, -0.2) is 0 Å². The average molecular weight is 278 g/mol. The van der Waals surface area contributed by atoms with Crippen molar-refractivity contribution < 1.29 is 9.13 Å². The SMILES string of the molecule is COc1ccc2c(c1)C(CF)(C[C@@H]1CCCN1C)CN2. The number of nitrogens with one attached hydrogen (secondary N) is 1. The Morgan fingerprint density at radius 2 is 2.35 bits per heavy atom. The molecule has 3 rings (SSSR count). The standard InChI is InChI=1S/C16H23FN2O/c1-19-7-3-4-12(19)9-16(10-17)11-18-15-6-5-13(20-2)8-14(15)16/h5-6,8,12,18H,3-4,7,9-11H2,1-2H3/t12-,16?/m0/s1. The summed E-state index contributed by atoms with van der Waals surface area (Å²) in [6.07, 6.45) is 3.28. The first-order valence-corrected chi connectivity index (χ1v) is 7.37. The van der Waals surface area contributed by atoms with Crippen LogP contribution in [0.5, 0.6) is 5.75 Å². The lowest BCUT2D eigenvalue weighted by Gasteiger charge is -2.32. The van der Waals surface area contributed by atoms with Gasteiger partial charge in [0.25, 0.3) is 0 Å². The maximum absolute atomic E-state index is 13.9. The molecule has 1 unspecified atom stereocenters. The molecule has 0 saturated carbocycles. The van der Waals surface area contributed by atoms with E-state index in [1.807, 2.05) is 18.2 Å². The minimum atomic E-state index is -0.396. The molecule has 110 valence electrons. The first-order chi connectivity index (χ1) is 9.68. The van der Waals surface area contributed by atoms with Crippen LogP contribution in [-0.2, 0) is 5.41 Å². The van der Waals surface area contributed by atoms with Gasteiger partial charge in [0, 0.05) is 23.7 Å². The van der Waals surface area contributed by atoms with Gasteiger partial charge in [0.05, 0.1) is 7.11 Å². The highest BCUT2D eigenvalue weighted by molar-refractivity contribution is 5.62. The van der Waals surface area contributed by atoms with E-state index in [2.05, 4.69) is 17.3 Å². The van der Waals surface area contributed by atoms with Gasteiger partial charge in [-0.15, -0.1) is 0 Å². The molecule has 0 radical (unpaired) electrons. The molecule has 20 heavy (non-hydrogen) atoms. The van der Waals surface area contributed by atoms with E-state index in [1.165, 1.54) is 12.8 Å². The molecule has 1 aromatic rings. The molecule has 3 nitrogen and oxygen atoms in total. The van der Waals surface area contributed by atoms with Crippen LogP contribution in [0.1, 0.15) is 24.8 Å². The Hall–Kier alpha value is -1.29. The number of methoxy groups -OCH3 is 1. The zero-order valence-electron chi connectivity index (χ0n) is 12.3. The lowest BCUT2D eigenvalue weighted by Crippen LogP contribution is -2.39. The Morgan fingerprint density at radius 3 is 3.00 bits per heavy atom. The second-order valence-corrected chi connectivity index (χ2v) is 6.16. The smallest absolute Gasteiger partial charge is 0.119 e. The van der Waals surface area contributed by atoms with Gasteiger partial charge in [-0.05, 0) is 56.6 Å². The fourth-order valence-corrected chi connectivity index (χ4v) is 3.65. The number of likely N-dealkylation sites (tertiary alicyclic amines) is 1. The van der Waals surface area contributed by atoms with Crippen molar-refractivity contribution in [3.05, 3.63) is 23.8 Å². The molecule has 2 aliphatic heterocycles. The van der Waals surface area contributed by atoms with Gasteiger partial charge in [-0.2, -0.15) is 0 Å². The summed E-state index contributed by atoms with van der Waals surface area (Å²) in [6, 6.07) is 6.43. The summed E-state index contributed by atoms with van der Waals surface area (Å²) < 4.78 is 19.3. The number of hydrogen-bond donors (Lipinski definition) is 1. The summed E-state index contributed by atoms with van der Waals surface area (Å²) >= 11 is 0. The second-order valence-electron chi connectivity index (χ2n) is 6.16. The van der Waals surface area contributed by atoms with Gasteiger partial charge in [0.15, 0.2) is 0 Å². The number of nitrogens with zero attached hydrogens (tertiary/aromatic N) is 1. The van der Waals surface area contributed by atoms with Crippen molar-refractivity contribution in [1.82, 2.24) is 4.90 Å². The zero-order chi connectivity index (χ0) is 14.2. The number of alkyl halides is 1. The fourth-order valence-electron chi connectivity index (χ4n) is 3.65. The third kappa shape index (κ3) is 2.16. The van der Waals surface area contributed by atoms with Crippen molar-refractivity contribution in [2.75, 3.05) is 39.2 Å². The van der Waals surface area contributed by atoms with E-state index in [4.69, 9.17) is 4.74 Å². The van der Waals surface area contributed by atoms with Crippen molar-refractivity contribution in [2.45, 2.75) is 30.7 Å². The molecule has 4 heteroatoms. The second kappa shape index (κ2) is 5.24. The van der Waals surface area contributed by atoms with Gasteiger partial charge >= 0.3 is 0 Å². The maximum atomic E-state index is 13.9. The highest BCUT2D eigenvalue weighted by Crippen LogP contribution is 2.43. The van der Waals surface area contributed by atoms with Crippen LogP contribution in [-0.4, -0.2) is 44.9 Å². The van der Waals surface area contributed by atoms with Gasteiger partial charge < -0.3 is 15.0 Å². The fraction of sp³-hybridized carbons (Fsp3) is 0.625. The molecule has 0 bridgehead atoms. The van der Waals surface area contributed by atoms with E-state index in [-0.39, 0.29) is 6.67 Å². The van der Waals surface area contributed by atoms with Crippen LogP contribution in [0.4, 0.5) is 10.1 Å². The lowest BCUT2D eigenvalue weighted by molar-refractivity contribution is 0.216. The van der Waals surface area contributed by atoms with Crippen LogP contribution < -0.4 is 10.1 Å². The molecular weight excluding hydrogens is 255 g/mol. The molecular formula is C16H23FN2O. The Balaban J connectivity index is 1.91. The van der Waals surface area contributed by atoms with E-state index in [0.717, 1.165) is 30.0 Å². The molecule has 1 N–H and O–H groups in total. The van der Waals surface area contributed by atoms with Crippen molar-refractivity contribution in [3.63, 3.8) is 0 Å². The highest BCUT2D eigenvalue weighted by Gasteiger charge is 2.42. The summed E-state index contributed by atoms with van der Waals surface area (Å²) in [5.74, 6) is 0.810. The number of benzene rings is 1. The molecule has 0 amide bonds. The van der Waals surface area contributed by atoms with Crippen molar-refractivity contribution in [1.29, 1.82) is 0 Å². The van der Waals surface area contributed by atoms with Gasteiger partial charge in [-0.3, -0.25) is 4.39 Å². The number of ether oxygens (including phenoxy) is 1. The summed E-state index contributed by atoms with van der Waals surface area (Å²) in [5.41, 5.74) is 1.75. The van der Waals surface area contributed by atoms with Gasteiger partial charge in [0.1, 0.15) is 12.4 Å². The summed E-state index contributed by atoms with van der Waals surface area (Å²) in [7, 11) is 3.81. The quantitative estimate of drug-likeness (QED) is 0.916. The zero-order valence-corrected chi connectivity index (χ0v) is 12.3. The molecule has 0 aliphatic carbocycles. The Labute approximate surface area is 120 Å². The third-order valence-corrected chi connectivity index (χ3v) is 4.97. The third-order valence-electron chi connectivity index (χ3n) is 4.97. The summed E-state index contributed by atoms with van der Waals surface area (Å²) in [5, 5.41) is 3.37. The van der Waals surface area contributed by atoms with Crippen LogP contribution in [0.3, 0.4) is 0 Å².